The van der Waals surface area contributed by atoms with Crippen LogP contribution in [-0.2, 0) is 17.8 Å². The van der Waals surface area contributed by atoms with Gasteiger partial charge in [-0.1, -0.05) is 24.3 Å². The van der Waals surface area contributed by atoms with E-state index in [1.807, 2.05) is 19.1 Å². The summed E-state index contributed by atoms with van der Waals surface area (Å²) in [5.74, 6) is -0.157. The first-order valence-corrected chi connectivity index (χ1v) is 9.44. The molecular formula is C23H21NO5. The minimum atomic E-state index is -0.417. The average Bonchev–Trinajstić information content (AvgIpc) is 2.69. The third kappa shape index (κ3) is 3.74. The summed E-state index contributed by atoms with van der Waals surface area (Å²) in [5, 5.41) is 19.0. The number of hydrogen-bond acceptors (Lipinski definition) is 5. The molecule has 1 atom stereocenters. The number of aryl methyl sites for hydroxylation is 2. The summed E-state index contributed by atoms with van der Waals surface area (Å²) in [5.41, 5.74) is 2.79. The first-order valence-electron chi connectivity index (χ1n) is 9.44. The second-order valence-electron chi connectivity index (χ2n) is 7.26. The lowest BCUT2D eigenvalue weighted by molar-refractivity contribution is -0.135. The highest BCUT2D eigenvalue weighted by Crippen LogP contribution is 2.37. The van der Waals surface area contributed by atoms with Gasteiger partial charge >= 0.3 is 5.97 Å². The van der Waals surface area contributed by atoms with Crippen molar-refractivity contribution in [3.05, 3.63) is 87.3 Å². The highest BCUT2D eigenvalue weighted by molar-refractivity contribution is 5.77. The normalized spacial score (nSPS) is 15.6. The van der Waals surface area contributed by atoms with E-state index in [0.29, 0.717) is 30.0 Å². The number of nitrogens with zero attached hydrogens (tertiary/aromatic N) is 1. The van der Waals surface area contributed by atoms with Gasteiger partial charge in [0.25, 0.3) is 5.56 Å². The minimum Gasteiger partial charge on any atom is -0.508 e. The van der Waals surface area contributed by atoms with Crippen LogP contribution in [0.25, 0.3) is 0 Å². The predicted molar refractivity (Wildman–Crippen MR) is 107 cm³/mol. The number of benzene rings is 2. The van der Waals surface area contributed by atoms with Gasteiger partial charge in [0, 0.05) is 24.2 Å². The minimum absolute atomic E-state index is 0.0774. The zero-order chi connectivity index (χ0) is 20.5. The molecule has 0 saturated heterocycles. The van der Waals surface area contributed by atoms with Crippen LogP contribution in [0.5, 0.6) is 17.2 Å². The molecule has 6 nitrogen and oxygen atoms in total. The zero-order valence-corrected chi connectivity index (χ0v) is 16.0. The summed E-state index contributed by atoms with van der Waals surface area (Å²) < 4.78 is 7.06. The molecule has 148 valence electrons. The van der Waals surface area contributed by atoms with Crippen LogP contribution in [0, 0.1) is 6.92 Å². The fraction of sp³-hybridized carbons (Fsp3) is 0.217. The molecule has 4 rings (SSSR count). The van der Waals surface area contributed by atoms with Crippen LogP contribution >= 0.6 is 0 Å². The molecule has 0 unspecified atom stereocenters. The third-order valence-corrected chi connectivity index (χ3v) is 5.31. The van der Waals surface area contributed by atoms with E-state index in [0.717, 1.165) is 11.1 Å². The number of fused-ring (bicyclic) bond motifs is 1. The Morgan fingerprint density at radius 2 is 1.62 bits per heavy atom. The summed E-state index contributed by atoms with van der Waals surface area (Å²) >= 11 is 0. The molecule has 1 aliphatic rings. The Kier molecular flexibility index (Phi) is 4.84. The van der Waals surface area contributed by atoms with Gasteiger partial charge < -0.3 is 19.5 Å². The molecule has 0 aliphatic carbocycles. The quantitative estimate of drug-likeness (QED) is 0.667. The molecule has 0 bridgehead atoms. The molecule has 0 fully saturated rings. The standard InChI is InChI=1S/C23H21NO5/c1-14-12-20-22(19(13-21(27)29-20)16-4-8-18(26)9-5-16)23(28)24(14)11-10-15-2-6-17(25)7-3-15/h2-9,12,19,25-26H,10-11,13H2,1H3/t19-/m1/s1. The molecule has 0 amide bonds. The molecule has 2 heterocycles. The lowest BCUT2D eigenvalue weighted by Crippen LogP contribution is -2.33. The van der Waals surface area contributed by atoms with Gasteiger partial charge in [0.05, 0.1) is 12.0 Å². The fourth-order valence-corrected chi connectivity index (χ4v) is 3.77. The number of rotatable bonds is 4. The number of carbonyl (C=O) groups excluding carboxylic acids is 1. The largest absolute Gasteiger partial charge is 0.508 e. The molecule has 3 aromatic rings. The predicted octanol–water partition coefficient (Wildman–Crippen LogP) is 3.25. The Morgan fingerprint density at radius 1 is 1.00 bits per heavy atom. The van der Waals surface area contributed by atoms with E-state index in [-0.39, 0.29) is 29.4 Å². The number of aromatic hydroxyl groups is 2. The van der Waals surface area contributed by atoms with Crippen LogP contribution in [0.2, 0.25) is 0 Å². The number of phenolic OH excluding ortho intramolecular Hbond substituents is 2. The Balaban J connectivity index is 1.73. The van der Waals surface area contributed by atoms with Crippen molar-refractivity contribution in [2.75, 3.05) is 0 Å². The van der Waals surface area contributed by atoms with E-state index in [1.165, 1.54) is 0 Å². The van der Waals surface area contributed by atoms with Crippen molar-refractivity contribution in [1.29, 1.82) is 0 Å². The molecular weight excluding hydrogens is 370 g/mol. The van der Waals surface area contributed by atoms with Gasteiger partial charge in [-0.3, -0.25) is 9.59 Å². The number of pyridine rings is 1. The van der Waals surface area contributed by atoms with Crippen molar-refractivity contribution in [1.82, 2.24) is 4.57 Å². The van der Waals surface area contributed by atoms with Gasteiger partial charge in [-0.15, -0.1) is 0 Å². The second kappa shape index (κ2) is 7.47. The lowest BCUT2D eigenvalue weighted by atomic mass is 9.87. The van der Waals surface area contributed by atoms with Crippen LogP contribution < -0.4 is 10.3 Å². The molecule has 2 aromatic carbocycles. The van der Waals surface area contributed by atoms with Crippen molar-refractivity contribution in [2.24, 2.45) is 0 Å². The van der Waals surface area contributed by atoms with Gasteiger partial charge in [-0.05, 0) is 48.7 Å². The molecule has 6 heteroatoms. The highest BCUT2D eigenvalue weighted by Gasteiger charge is 2.32. The fourth-order valence-electron chi connectivity index (χ4n) is 3.77. The third-order valence-electron chi connectivity index (χ3n) is 5.31. The Hall–Kier alpha value is -3.54. The average molecular weight is 391 g/mol. The Labute approximate surface area is 167 Å². The molecule has 1 aliphatic heterocycles. The number of ether oxygens (including phenoxy) is 1. The number of esters is 1. The van der Waals surface area contributed by atoms with Crippen LogP contribution in [0.15, 0.2) is 59.4 Å². The Morgan fingerprint density at radius 3 is 2.28 bits per heavy atom. The SMILES string of the molecule is Cc1cc2c(c(=O)n1CCc1ccc(O)cc1)[C@@H](c1ccc(O)cc1)CC(=O)O2. The van der Waals surface area contributed by atoms with Crippen molar-refractivity contribution in [2.45, 2.75) is 32.2 Å². The monoisotopic (exact) mass is 391 g/mol. The number of carbonyl (C=O) groups is 1. The Bertz CT molecular complexity index is 1110. The number of aromatic nitrogens is 1. The van der Waals surface area contributed by atoms with Crippen LogP contribution in [0.1, 0.15) is 34.7 Å². The van der Waals surface area contributed by atoms with Crippen molar-refractivity contribution < 1.29 is 19.7 Å². The topological polar surface area (TPSA) is 88.8 Å². The van der Waals surface area contributed by atoms with E-state index in [1.54, 1.807) is 47.0 Å². The van der Waals surface area contributed by atoms with E-state index < -0.39 is 5.92 Å². The van der Waals surface area contributed by atoms with Crippen LogP contribution in [0.4, 0.5) is 0 Å². The van der Waals surface area contributed by atoms with Gasteiger partial charge in [0.1, 0.15) is 17.2 Å². The van der Waals surface area contributed by atoms with Gasteiger partial charge in [-0.25, -0.2) is 0 Å². The maximum Gasteiger partial charge on any atom is 0.312 e. The van der Waals surface area contributed by atoms with E-state index in [9.17, 15) is 19.8 Å². The van der Waals surface area contributed by atoms with E-state index in [4.69, 9.17) is 4.74 Å². The van der Waals surface area contributed by atoms with Crippen molar-refractivity contribution in [3.63, 3.8) is 0 Å². The van der Waals surface area contributed by atoms with Gasteiger partial charge in [0.15, 0.2) is 0 Å². The second-order valence-corrected chi connectivity index (χ2v) is 7.26. The molecule has 0 radical (unpaired) electrons. The van der Waals surface area contributed by atoms with Crippen LogP contribution in [-0.4, -0.2) is 20.7 Å². The molecule has 0 spiro atoms. The lowest BCUT2D eigenvalue weighted by Gasteiger charge is -2.26. The summed E-state index contributed by atoms with van der Waals surface area (Å²) in [6.07, 6.45) is 0.706. The maximum absolute atomic E-state index is 13.3. The highest BCUT2D eigenvalue weighted by atomic mass is 16.5. The molecule has 29 heavy (non-hydrogen) atoms. The summed E-state index contributed by atoms with van der Waals surface area (Å²) in [6.45, 7) is 2.29. The maximum atomic E-state index is 13.3. The van der Waals surface area contributed by atoms with Gasteiger partial charge in [0.2, 0.25) is 0 Å². The first kappa shape index (κ1) is 18.8. The van der Waals surface area contributed by atoms with Gasteiger partial charge in [-0.2, -0.15) is 0 Å². The summed E-state index contributed by atoms with van der Waals surface area (Å²) in [7, 11) is 0. The number of hydrogen-bond donors (Lipinski definition) is 2. The molecule has 2 N–H and O–H groups in total. The summed E-state index contributed by atoms with van der Waals surface area (Å²) in [4.78, 5) is 25.5. The smallest absolute Gasteiger partial charge is 0.312 e. The number of phenols is 2. The van der Waals surface area contributed by atoms with Crippen LogP contribution in [0.3, 0.4) is 0 Å². The van der Waals surface area contributed by atoms with Crippen molar-refractivity contribution >= 4 is 5.97 Å². The molecule has 0 saturated carbocycles. The van der Waals surface area contributed by atoms with E-state index >= 15 is 0 Å². The summed E-state index contributed by atoms with van der Waals surface area (Å²) in [6, 6.07) is 15.2. The van der Waals surface area contributed by atoms with Crippen molar-refractivity contribution in [3.8, 4) is 17.2 Å². The molecule has 1 aromatic heterocycles. The zero-order valence-electron chi connectivity index (χ0n) is 16.0. The van der Waals surface area contributed by atoms with E-state index in [2.05, 4.69) is 0 Å². The first-order chi connectivity index (χ1) is 13.9.